The summed E-state index contributed by atoms with van der Waals surface area (Å²) in [6.07, 6.45) is 0.0609. The quantitative estimate of drug-likeness (QED) is 0.796. The van der Waals surface area contributed by atoms with E-state index in [1.54, 1.807) is 7.11 Å². The van der Waals surface area contributed by atoms with Crippen molar-refractivity contribution in [3.8, 4) is 5.75 Å². The van der Waals surface area contributed by atoms with Gasteiger partial charge in [0.05, 0.1) is 13.5 Å². The number of nitrogens with one attached hydrogen (secondary N) is 1. The molecule has 0 aliphatic carbocycles. The predicted molar refractivity (Wildman–Crippen MR) is 66.3 cm³/mol. The second kappa shape index (κ2) is 6.25. The third kappa shape index (κ3) is 4.44. The molecule has 1 aromatic rings. The van der Waals surface area contributed by atoms with E-state index in [9.17, 15) is 4.79 Å². The molecule has 1 aromatic carbocycles. The van der Waals surface area contributed by atoms with Gasteiger partial charge >= 0.3 is 5.97 Å². The lowest BCUT2D eigenvalue weighted by atomic mass is 10.0. The minimum atomic E-state index is -0.814. The fraction of sp³-hybridized carbons (Fsp3) is 0.462. The molecule has 0 aliphatic heterocycles. The summed E-state index contributed by atoms with van der Waals surface area (Å²) in [5, 5.41) is 12.2. The zero-order chi connectivity index (χ0) is 12.8. The fourth-order valence-corrected chi connectivity index (χ4v) is 1.71. The van der Waals surface area contributed by atoms with Crippen molar-refractivity contribution >= 4 is 5.97 Å². The molecule has 0 saturated carbocycles. The van der Waals surface area contributed by atoms with Crippen molar-refractivity contribution in [2.45, 2.75) is 32.4 Å². The Balaban J connectivity index is 2.90. The van der Waals surface area contributed by atoms with Gasteiger partial charge in [-0.15, -0.1) is 0 Å². The van der Waals surface area contributed by atoms with Gasteiger partial charge in [-0.3, -0.25) is 4.79 Å². The molecule has 0 radical (unpaired) electrons. The number of benzene rings is 1. The van der Waals surface area contributed by atoms with Gasteiger partial charge in [0.15, 0.2) is 0 Å². The van der Waals surface area contributed by atoms with Crippen LogP contribution in [0.1, 0.15) is 31.9 Å². The summed E-state index contributed by atoms with van der Waals surface area (Å²) in [6, 6.07) is 7.52. The maximum absolute atomic E-state index is 10.8. The van der Waals surface area contributed by atoms with Crippen molar-refractivity contribution in [1.82, 2.24) is 5.32 Å². The maximum Gasteiger partial charge on any atom is 0.305 e. The number of methoxy groups -OCH3 is 1. The van der Waals surface area contributed by atoms with Crippen LogP contribution in [0.3, 0.4) is 0 Å². The number of carbonyl (C=O) groups is 1. The highest BCUT2D eigenvalue weighted by Gasteiger charge is 2.16. The van der Waals surface area contributed by atoms with Crippen molar-refractivity contribution in [2.24, 2.45) is 0 Å². The average Bonchev–Trinajstić information content (AvgIpc) is 2.27. The number of rotatable bonds is 6. The summed E-state index contributed by atoms with van der Waals surface area (Å²) < 4.78 is 5.14. The van der Waals surface area contributed by atoms with Crippen LogP contribution >= 0.6 is 0 Å². The normalized spacial score (nSPS) is 12.5. The first-order chi connectivity index (χ1) is 8.02. The number of hydrogen-bond acceptors (Lipinski definition) is 3. The zero-order valence-electron chi connectivity index (χ0n) is 10.4. The number of carboxylic acids is 1. The van der Waals surface area contributed by atoms with E-state index < -0.39 is 5.97 Å². The third-order valence-corrected chi connectivity index (χ3v) is 2.41. The molecule has 0 amide bonds. The summed E-state index contributed by atoms with van der Waals surface area (Å²) in [5.41, 5.74) is 0.931. The smallest absolute Gasteiger partial charge is 0.305 e. The molecule has 0 heterocycles. The van der Waals surface area contributed by atoms with E-state index in [0.717, 1.165) is 11.3 Å². The Morgan fingerprint density at radius 3 is 2.71 bits per heavy atom. The van der Waals surface area contributed by atoms with Gasteiger partial charge in [0.1, 0.15) is 5.75 Å². The molecule has 0 aromatic heterocycles. The van der Waals surface area contributed by atoms with Gasteiger partial charge in [0.2, 0.25) is 0 Å². The van der Waals surface area contributed by atoms with Gasteiger partial charge in [-0.1, -0.05) is 26.0 Å². The molecule has 0 saturated heterocycles. The molecule has 1 rings (SSSR count). The third-order valence-electron chi connectivity index (χ3n) is 2.41. The topological polar surface area (TPSA) is 58.6 Å². The molecular formula is C13H19NO3. The number of hydrogen-bond donors (Lipinski definition) is 2. The van der Waals surface area contributed by atoms with Gasteiger partial charge in [-0.05, 0) is 17.7 Å². The van der Waals surface area contributed by atoms with Gasteiger partial charge in [-0.25, -0.2) is 0 Å². The van der Waals surface area contributed by atoms with Crippen LogP contribution in [0.4, 0.5) is 0 Å². The average molecular weight is 237 g/mol. The first-order valence-electron chi connectivity index (χ1n) is 5.64. The van der Waals surface area contributed by atoms with Crippen LogP contribution in [0.25, 0.3) is 0 Å². The largest absolute Gasteiger partial charge is 0.497 e. The SMILES string of the molecule is COc1cccc(C(CC(=O)O)NC(C)C)c1. The molecule has 0 aliphatic rings. The Morgan fingerprint density at radius 1 is 1.47 bits per heavy atom. The minimum absolute atomic E-state index is 0.0609. The van der Waals surface area contributed by atoms with Crippen LogP contribution in [-0.2, 0) is 4.79 Å². The standard InChI is InChI=1S/C13H19NO3/c1-9(2)14-12(8-13(15)16)10-5-4-6-11(7-10)17-3/h4-7,9,12,14H,8H2,1-3H3,(H,15,16). The minimum Gasteiger partial charge on any atom is -0.497 e. The van der Waals surface area contributed by atoms with Crippen molar-refractivity contribution in [3.63, 3.8) is 0 Å². The Labute approximate surface area is 102 Å². The molecule has 4 heteroatoms. The van der Waals surface area contributed by atoms with Crippen LogP contribution in [0.15, 0.2) is 24.3 Å². The highest BCUT2D eigenvalue weighted by Crippen LogP contribution is 2.22. The van der Waals surface area contributed by atoms with E-state index in [0.29, 0.717) is 0 Å². The Kier molecular flexibility index (Phi) is 4.97. The van der Waals surface area contributed by atoms with Crippen molar-refractivity contribution in [2.75, 3.05) is 7.11 Å². The van der Waals surface area contributed by atoms with Crippen LogP contribution in [0.2, 0.25) is 0 Å². The molecule has 17 heavy (non-hydrogen) atoms. The van der Waals surface area contributed by atoms with Gasteiger partial charge in [0, 0.05) is 12.1 Å². The molecule has 0 fully saturated rings. The molecule has 2 N–H and O–H groups in total. The van der Waals surface area contributed by atoms with E-state index in [1.807, 2.05) is 38.1 Å². The van der Waals surface area contributed by atoms with Crippen molar-refractivity contribution < 1.29 is 14.6 Å². The van der Waals surface area contributed by atoms with Crippen LogP contribution < -0.4 is 10.1 Å². The summed E-state index contributed by atoms with van der Waals surface area (Å²) in [6.45, 7) is 3.99. The summed E-state index contributed by atoms with van der Waals surface area (Å²) in [4.78, 5) is 10.8. The molecule has 4 nitrogen and oxygen atoms in total. The van der Waals surface area contributed by atoms with Crippen LogP contribution in [0, 0.1) is 0 Å². The molecule has 1 unspecified atom stereocenters. The van der Waals surface area contributed by atoms with E-state index in [2.05, 4.69) is 5.32 Å². The monoisotopic (exact) mass is 237 g/mol. The zero-order valence-corrected chi connectivity index (χ0v) is 10.4. The lowest BCUT2D eigenvalue weighted by Gasteiger charge is -2.20. The first kappa shape index (κ1) is 13.5. The Hall–Kier alpha value is -1.55. The van der Waals surface area contributed by atoms with Crippen LogP contribution in [0.5, 0.6) is 5.75 Å². The summed E-state index contributed by atoms with van der Waals surface area (Å²) in [5.74, 6) is -0.0746. The molecule has 0 spiro atoms. The second-order valence-electron chi connectivity index (χ2n) is 4.25. The highest BCUT2D eigenvalue weighted by atomic mass is 16.5. The maximum atomic E-state index is 10.8. The second-order valence-corrected chi connectivity index (χ2v) is 4.25. The van der Waals surface area contributed by atoms with Gasteiger partial charge in [0.25, 0.3) is 0 Å². The Bertz CT molecular complexity index is 377. The fourth-order valence-electron chi connectivity index (χ4n) is 1.71. The van der Waals surface area contributed by atoms with Crippen LogP contribution in [-0.4, -0.2) is 24.2 Å². The number of carboxylic acid groups (broad SMARTS) is 1. The lowest BCUT2D eigenvalue weighted by molar-refractivity contribution is -0.137. The summed E-state index contributed by atoms with van der Waals surface area (Å²) >= 11 is 0. The van der Waals surface area contributed by atoms with Crippen molar-refractivity contribution in [3.05, 3.63) is 29.8 Å². The lowest BCUT2D eigenvalue weighted by Crippen LogP contribution is -2.29. The Morgan fingerprint density at radius 2 is 2.18 bits per heavy atom. The van der Waals surface area contributed by atoms with E-state index in [1.165, 1.54) is 0 Å². The van der Waals surface area contributed by atoms with Gasteiger partial charge < -0.3 is 15.2 Å². The number of aliphatic carboxylic acids is 1. The van der Waals surface area contributed by atoms with E-state index in [4.69, 9.17) is 9.84 Å². The summed E-state index contributed by atoms with van der Waals surface area (Å²) in [7, 11) is 1.60. The first-order valence-corrected chi connectivity index (χ1v) is 5.64. The molecule has 94 valence electrons. The number of ether oxygens (including phenoxy) is 1. The molecule has 1 atom stereocenters. The molecular weight excluding hydrogens is 218 g/mol. The van der Waals surface area contributed by atoms with E-state index in [-0.39, 0.29) is 18.5 Å². The molecule has 0 bridgehead atoms. The van der Waals surface area contributed by atoms with E-state index >= 15 is 0 Å². The van der Waals surface area contributed by atoms with Crippen molar-refractivity contribution in [1.29, 1.82) is 0 Å². The van der Waals surface area contributed by atoms with Gasteiger partial charge in [-0.2, -0.15) is 0 Å². The predicted octanol–water partition coefficient (Wildman–Crippen LogP) is 2.21. The highest BCUT2D eigenvalue weighted by molar-refractivity contribution is 5.68.